The van der Waals surface area contributed by atoms with Crippen molar-refractivity contribution in [3.63, 3.8) is 0 Å². The van der Waals surface area contributed by atoms with Crippen LogP contribution in [-0.2, 0) is 4.74 Å². The van der Waals surface area contributed by atoms with Crippen molar-refractivity contribution in [2.24, 2.45) is 0 Å². The normalized spacial score (nSPS) is 16.3. The summed E-state index contributed by atoms with van der Waals surface area (Å²) >= 11 is 14.5. The summed E-state index contributed by atoms with van der Waals surface area (Å²) in [6.45, 7) is 5.21. The van der Waals surface area contributed by atoms with Gasteiger partial charge in [-0.2, -0.15) is 0 Å². The second kappa shape index (κ2) is 3.86. The standard InChI is InChI=1S/C5H14ClOPS2/c1-3-7-4-5-8(2,6,9)10/h9-10H,3-5H2,1-2H3. The van der Waals surface area contributed by atoms with E-state index in [0.29, 0.717) is 6.61 Å². The van der Waals surface area contributed by atoms with Crippen LogP contribution in [-0.4, -0.2) is 26.0 Å². The van der Waals surface area contributed by atoms with Crippen molar-refractivity contribution in [2.45, 2.75) is 6.92 Å². The Labute approximate surface area is 77.9 Å². The first-order chi connectivity index (χ1) is 4.31. The minimum absolute atomic E-state index is 0.654. The average Bonchev–Trinajstić information content (AvgIpc) is 1.61. The van der Waals surface area contributed by atoms with E-state index < -0.39 is 4.36 Å². The van der Waals surface area contributed by atoms with Crippen LogP contribution in [0.1, 0.15) is 6.92 Å². The van der Waals surface area contributed by atoms with Gasteiger partial charge in [0.2, 0.25) is 0 Å². The number of rotatable bonds is 4. The zero-order chi connectivity index (χ0) is 8.28. The van der Waals surface area contributed by atoms with Gasteiger partial charge < -0.3 is 0 Å². The monoisotopic (exact) mass is 220 g/mol. The molecule has 0 aliphatic heterocycles. The fraction of sp³-hybridized carbons (Fsp3) is 1.00. The van der Waals surface area contributed by atoms with Crippen molar-refractivity contribution in [2.75, 3.05) is 26.0 Å². The summed E-state index contributed by atoms with van der Waals surface area (Å²) in [6.07, 6.45) is 0.743. The molecule has 0 aromatic heterocycles. The van der Waals surface area contributed by atoms with Crippen LogP contribution in [0.4, 0.5) is 0 Å². The van der Waals surface area contributed by atoms with Crippen LogP contribution in [0, 0.1) is 0 Å². The maximum atomic E-state index is 6.00. The van der Waals surface area contributed by atoms with Gasteiger partial charge in [0, 0.05) is 0 Å². The third-order valence-corrected chi connectivity index (χ3v) is 3.85. The molecule has 0 radical (unpaired) electrons. The van der Waals surface area contributed by atoms with E-state index in [4.69, 9.17) is 16.0 Å². The molecule has 0 aliphatic rings. The predicted octanol–water partition coefficient (Wildman–Crippen LogP) is 3.05. The molecule has 0 bridgehead atoms. The summed E-state index contributed by atoms with van der Waals surface area (Å²) in [5, 5.41) is 0. The zero-order valence-corrected chi connectivity index (χ0v) is 9.69. The number of thiol groups is 2. The SMILES string of the molecule is CCOCCP(C)(S)(S)Cl. The fourth-order valence-corrected chi connectivity index (χ4v) is 1.66. The van der Waals surface area contributed by atoms with Gasteiger partial charge in [-0.15, -0.1) is 0 Å². The van der Waals surface area contributed by atoms with Crippen molar-refractivity contribution in [3.8, 4) is 0 Å². The van der Waals surface area contributed by atoms with Crippen molar-refractivity contribution in [3.05, 3.63) is 0 Å². The quantitative estimate of drug-likeness (QED) is 0.421. The van der Waals surface area contributed by atoms with Gasteiger partial charge in [-0.05, 0) is 0 Å². The van der Waals surface area contributed by atoms with Crippen LogP contribution >= 0.6 is 40.1 Å². The Morgan fingerprint density at radius 1 is 1.50 bits per heavy atom. The second-order valence-corrected chi connectivity index (χ2v) is 17.6. The van der Waals surface area contributed by atoms with Crippen molar-refractivity contribution >= 4 is 40.1 Å². The zero-order valence-electron chi connectivity index (χ0n) is 6.25. The Bertz CT molecular complexity index is 103. The molecule has 0 N–H and O–H groups in total. The second-order valence-electron chi connectivity index (χ2n) is 2.45. The molecular formula is C5H14ClOPS2. The molecule has 0 saturated carbocycles. The summed E-state index contributed by atoms with van der Waals surface area (Å²) in [4.78, 5) is 0. The molecule has 0 fully saturated rings. The van der Waals surface area contributed by atoms with Gasteiger partial charge in [-0.1, -0.05) is 0 Å². The van der Waals surface area contributed by atoms with Gasteiger partial charge >= 0.3 is 77.8 Å². The van der Waals surface area contributed by atoms with E-state index in [9.17, 15) is 0 Å². The number of hydrogen-bond acceptors (Lipinski definition) is 3. The van der Waals surface area contributed by atoms with Gasteiger partial charge in [0.25, 0.3) is 0 Å². The third-order valence-electron chi connectivity index (χ3n) is 0.948. The van der Waals surface area contributed by atoms with E-state index in [-0.39, 0.29) is 0 Å². The summed E-state index contributed by atoms with van der Waals surface area (Å²) in [5.74, 6) is 0. The molecule has 10 heavy (non-hydrogen) atoms. The Morgan fingerprint density at radius 3 is 2.30 bits per heavy atom. The fourth-order valence-electron chi connectivity index (χ4n) is 0.416. The molecule has 0 spiro atoms. The topological polar surface area (TPSA) is 9.23 Å². The summed E-state index contributed by atoms with van der Waals surface area (Å²) in [5.41, 5.74) is 0. The van der Waals surface area contributed by atoms with Crippen LogP contribution in [0.2, 0.25) is 0 Å². The van der Waals surface area contributed by atoms with Crippen LogP contribution in [0.25, 0.3) is 0 Å². The van der Waals surface area contributed by atoms with Crippen molar-refractivity contribution in [1.82, 2.24) is 0 Å². The number of hydrogen-bond donors (Lipinski definition) is 2. The first kappa shape index (κ1) is 11.4. The molecule has 64 valence electrons. The molecule has 0 heterocycles. The maximum absolute atomic E-state index is 6.00. The Morgan fingerprint density at radius 2 is 2.00 bits per heavy atom. The minimum atomic E-state index is -2.41. The molecule has 0 aromatic carbocycles. The average molecular weight is 221 g/mol. The first-order valence-electron chi connectivity index (χ1n) is 3.12. The van der Waals surface area contributed by atoms with E-state index in [1.807, 2.05) is 13.6 Å². The van der Waals surface area contributed by atoms with Gasteiger partial charge in [0.1, 0.15) is 0 Å². The van der Waals surface area contributed by atoms with Crippen LogP contribution < -0.4 is 0 Å². The van der Waals surface area contributed by atoms with Crippen LogP contribution in [0.5, 0.6) is 0 Å². The van der Waals surface area contributed by atoms with E-state index in [0.717, 1.165) is 12.8 Å². The van der Waals surface area contributed by atoms with Crippen molar-refractivity contribution in [1.29, 1.82) is 0 Å². The predicted molar refractivity (Wildman–Crippen MR) is 58.0 cm³/mol. The molecule has 0 aromatic rings. The van der Waals surface area contributed by atoms with Gasteiger partial charge in [-0.25, -0.2) is 0 Å². The van der Waals surface area contributed by atoms with E-state index >= 15 is 0 Å². The van der Waals surface area contributed by atoms with E-state index in [1.165, 1.54) is 0 Å². The first-order valence-corrected chi connectivity index (χ1v) is 9.20. The van der Waals surface area contributed by atoms with Gasteiger partial charge in [-0.3, -0.25) is 0 Å². The molecule has 0 unspecified atom stereocenters. The molecule has 0 saturated heterocycles. The molecule has 5 heteroatoms. The molecule has 0 atom stereocenters. The van der Waals surface area contributed by atoms with Crippen molar-refractivity contribution < 1.29 is 4.74 Å². The molecule has 0 rings (SSSR count). The van der Waals surface area contributed by atoms with E-state index in [2.05, 4.69) is 24.5 Å². The number of ether oxygens (including phenoxy) is 1. The molecular weight excluding hydrogens is 207 g/mol. The summed E-state index contributed by atoms with van der Waals surface area (Å²) in [7, 11) is 0. The Balaban J connectivity index is 3.49. The van der Waals surface area contributed by atoms with Gasteiger partial charge in [0.15, 0.2) is 0 Å². The van der Waals surface area contributed by atoms with Crippen LogP contribution in [0.15, 0.2) is 0 Å². The Kier molecular flexibility index (Phi) is 4.39. The van der Waals surface area contributed by atoms with Crippen LogP contribution in [0.3, 0.4) is 0 Å². The van der Waals surface area contributed by atoms with E-state index in [1.54, 1.807) is 0 Å². The summed E-state index contributed by atoms with van der Waals surface area (Å²) < 4.78 is 2.72. The molecule has 0 amide bonds. The third kappa shape index (κ3) is 9.38. The molecule has 1 nitrogen and oxygen atoms in total. The Hall–Kier alpha value is 1.38. The molecule has 0 aliphatic carbocycles. The van der Waals surface area contributed by atoms with Gasteiger partial charge in [0.05, 0.1) is 0 Å². The number of halogens is 1. The summed E-state index contributed by atoms with van der Waals surface area (Å²) in [6, 6.07) is 0.